The van der Waals surface area contributed by atoms with E-state index in [-0.39, 0.29) is 70.8 Å². The number of ketones is 1. The van der Waals surface area contributed by atoms with Crippen molar-refractivity contribution in [2.24, 2.45) is 0 Å². The molecule has 1 spiro atoms. The molecule has 1 N–H and O–H groups in total. The van der Waals surface area contributed by atoms with E-state index in [1.54, 1.807) is 23.2 Å². The number of benzene rings is 2. The molecule has 0 unspecified atom stereocenters. The van der Waals surface area contributed by atoms with Gasteiger partial charge in [0.2, 0.25) is 0 Å². The fourth-order valence-corrected chi connectivity index (χ4v) is 9.72. The van der Waals surface area contributed by atoms with Crippen molar-refractivity contribution in [3.05, 3.63) is 47.7 Å². The van der Waals surface area contributed by atoms with Gasteiger partial charge in [0.25, 0.3) is 0 Å². The number of piperidine rings is 2. The Bertz CT molecular complexity index is 2170. The molecule has 3 atom stereocenters. The monoisotopic (exact) mass is 756 g/mol. The third-order valence-corrected chi connectivity index (χ3v) is 12.7. The minimum Gasteiger partial charge on any atom is -0.508 e. The van der Waals surface area contributed by atoms with Crippen LogP contribution < -0.4 is 9.64 Å². The van der Waals surface area contributed by atoms with Crippen molar-refractivity contribution in [1.29, 1.82) is 0 Å². The van der Waals surface area contributed by atoms with Crippen molar-refractivity contribution < 1.29 is 37.7 Å². The second-order valence-electron chi connectivity index (χ2n) is 15.9. The number of aryl methyl sites for hydroxylation is 1. The average molecular weight is 757 g/mol. The molecule has 2 aromatic heterocycles. The van der Waals surface area contributed by atoms with Crippen molar-refractivity contribution in [2.75, 3.05) is 57.4 Å². The number of phenols is 1. The summed E-state index contributed by atoms with van der Waals surface area (Å²) >= 11 is 0. The summed E-state index contributed by atoms with van der Waals surface area (Å²) in [5.41, 5.74) is 0.0905. The highest BCUT2D eigenvalue weighted by Crippen LogP contribution is 2.44. The van der Waals surface area contributed by atoms with E-state index in [1.165, 1.54) is 12.1 Å². The highest BCUT2D eigenvalue weighted by molar-refractivity contribution is 6.01. The number of hydrogen-bond donors (Lipinski definition) is 1. The zero-order valence-corrected chi connectivity index (χ0v) is 31.1. The van der Waals surface area contributed by atoms with Gasteiger partial charge in [-0.25, -0.2) is 13.6 Å². The lowest BCUT2D eigenvalue weighted by atomic mass is 9.86. The Morgan fingerprint density at radius 1 is 1.05 bits per heavy atom. The molecule has 0 bridgehead atoms. The van der Waals surface area contributed by atoms with E-state index >= 15 is 8.78 Å². The zero-order valence-electron chi connectivity index (χ0n) is 31.1. The van der Waals surface area contributed by atoms with Gasteiger partial charge in [0.1, 0.15) is 47.6 Å². The number of carbonyl (C=O) groups is 2. The van der Waals surface area contributed by atoms with Crippen molar-refractivity contribution in [2.45, 2.75) is 88.3 Å². The maximum Gasteiger partial charge on any atom is 0.409 e. The van der Waals surface area contributed by atoms with Crippen LogP contribution in [0.4, 0.5) is 19.4 Å². The first-order valence-electron chi connectivity index (χ1n) is 19.7. The lowest BCUT2D eigenvalue weighted by Gasteiger charge is -2.48. The molecule has 55 heavy (non-hydrogen) atoms. The summed E-state index contributed by atoms with van der Waals surface area (Å²) in [4.78, 5) is 44.8. The molecule has 0 saturated carbocycles. The molecule has 1 amide bonds. The number of amides is 1. The molecule has 5 aliphatic heterocycles. The number of ether oxygens (including phenoxy) is 3. The van der Waals surface area contributed by atoms with Crippen LogP contribution in [0.2, 0.25) is 0 Å². The Balaban J connectivity index is 1.04. The zero-order chi connectivity index (χ0) is 37.9. The van der Waals surface area contributed by atoms with Crippen LogP contribution in [0.5, 0.6) is 11.8 Å². The van der Waals surface area contributed by atoms with Gasteiger partial charge >= 0.3 is 12.1 Å². The molecule has 9 rings (SSSR count). The fraction of sp³-hybridized carbons (Fsp3) is 0.537. The van der Waals surface area contributed by atoms with Gasteiger partial charge in [-0.2, -0.15) is 9.97 Å². The van der Waals surface area contributed by atoms with Gasteiger partial charge < -0.3 is 29.1 Å². The SMILES string of the molecule is CCc1c(F)ccc2cc(O)cc(-c3ncc4c(N5CCC[C@]6(CCO6)C5)nc(OC[C@@]56CCCN5[C@H](COC(=O)N5CCC(=O)CC5)CC6)nc4c3F)c12. The number of pyridine rings is 1. The van der Waals surface area contributed by atoms with Gasteiger partial charge in [-0.3, -0.25) is 14.7 Å². The average Bonchev–Trinajstić information content (AvgIpc) is 3.75. The lowest BCUT2D eigenvalue weighted by molar-refractivity contribution is -0.151. The molecular weight excluding hydrogens is 710 g/mol. The highest BCUT2D eigenvalue weighted by Gasteiger charge is 2.50. The minimum absolute atomic E-state index is 0.0292. The van der Waals surface area contributed by atoms with Crippen LogP contribution >= 0.6 is 0 Å². The third kappa shape index (κ3) is 6.40. The van der Waals surface area contributed by atoms with Crippen LogP contribution in [0.25, 0.3) is 32.9 Å². The Labute approximate surface area is 317 Å². The molecule has 2 aromatic carbocycles. The number of aromatic nitrogens is 3. The van der Waals surface area contributed by atoms with E-state index in [9.17, 15) is 14.7 Å². The van der Waals surface area contributed by atoms with Crippen LogP contribution in [0.1, 0.15) is 70.3 Å². The lowest BCUT2D eigenvalue weighted by Crippen LogP contribution is -2.56. The Hall–Kier alpha value is -4.69. The molecule has 14 heteroatoms. The number of Topliss-reactive ketones (excluding diaryl/α,β-unsaturated/α-hetero) is 1. The van der Waals surface area contributed by atoms with Gasteiger partial charge in [-0.15, -0.1) is 0 Å². The smallest absolute Gasteiger partial charge is 0.409 e. The quantitative estimate of drug-likeness (QED) is 0.217. The maximum absolute atomic E-state index is 17.1. The predicted octanol–water partition coefficient (Wildman–Crippen LogP) is 6.33. The number of carbonyl (C=O) groups excluding carboxylic acids is 2. The summed E-state index contributed by atoms with van der Waals surface area (Å²) in [6, 6.07) is 5.98. The molecule has 7 heterocycles. The predicted molar refractivity (Wildman–Crippen MR) is 200 cm³/mol. The fourth-order valence-electron chi connectivity index (χ4n) is 9.72. The van der Waals surface area contributed by atoms with Crippen molar-refractivity contribution >= 4 is 39.4 Å². The summed E-state index contributed by atoms with van der Waals surface area (Å²) < 4.78 is 50.6. The third-order valence-electron chi connectivity index (χ3n) is 12.7. The van der Waals surface area contributed by atoms with Crippen molar-refractivity contribution in [1.82, 2.24) is 24.8 Å². The first-order chi connectivity index (χ1) is 26.7. The number of phenolic OH excluding ortho intramolecular Hbond substituents is 1. The Morgan fingerprint density at radius 2 is 1.87 bits per heavy atom. The van der Waals surface area contributed by atoms with Crippen LogP contribution in [0.15, 0.2) is 30.5 Å². The van der Waals surface area contributed by atoms with Crippen molar-refractivity contribution in [3.8, 4) is 23.0 Å². The summed E-state index contributed by atoms with van der Waals surface area (Å²) in [6.07, 6.45) is 8.58. The molecule has 0 aliphatic carbocycles. The number of hydrogen-bond acceptors (Lipinski definition) is 11. The first kappa shape index (κ1) is 36.0. The van der Waals surface area contributed by atoms with Crippen LogP contribution in [0, 0.1) is 11.6 Å². The Kier molecular flexibility index (Phi) is 9.23. The molecule has 4 aromatic rings. The minimum atomic E-state index is -0.711. The number of rotatable bonds is 8. The largest absolute Gasteiger partial charge is 0.508 e. The van der Waals surface area contributed by atoms with Gasteiger partial charge in [-0.1, -0.05) is 13.0 Å². The first-order valence-corrected chi connectivity index (χ1v) is 19.7. The van der Waals surface area contributed by atoms with E-state index in [2.05, 4.69) is 14.8 Å². The van der Waals surface area contributed by atoms with E-state index < -0.39 is 11.6 Å². The van der Waals surface area contributed by atoms with Crippen molar-refractivity contribution in [3.63, 3.8) is 0 Å². The number of aromatic hydroxyl groups is 1. The normalized spacial score (nSPS) is 25.5. The van der Waals surface area contributed by atoms with E-state index in [0.717, 1.165) is 51.5 Å². The highest BCUT2D eigenvalue weighted by atomic mass is 19.1. The van der Waals surface area contributed by atoms with Gasteiger partial charge in [-0.05, 0) is 86.0 Å². The molecule has 5 saturated heterocycles. The van der Waals surface area contributed by atoms with E-state index in [4.69, 9.17) is 24.2 Å². The number of fused-ring (bicyclic) bond motifs is 3. The number of halogens is 2. The Morgan fingerprint density at radius 3 is 2.65 bits per heavy atom. The van der Waals surface area contributed by atoms with Gasteiger partial charge in [0.15, 0.2) is 5.82 Å². The van der Waals surface area contributed by atoms with E-state index in [1.807, 2.05) is 6.92 Å². The number of anilines is 1. The molecule has 5 aliphatic rings. The van der Waals surface area contributed by atoms with Gasteiger partial charge in [0, 0.05) is 63.2 Å². The van der Waals surface area contributed by atoms with Crippen LogP contribution in [-0.4, -0.2) is 111 Å². The second kappa shape index (κ2) is 14.1. The number of nitrogens with zero attached hydrogens (tertiary/aromatic N) is 6. The summed E-state index contributed by atoms with van der Waals surface area (Å²) in [5, 5.41) is 12.2. The molecule has 290 valence electrons. The van der Waals surface area contributed by atoms with Gasteiger partial charge in [0.05, 0.1) is 23.1 Å². The molecule has 0 radical (unpaired) electrons. The topological polar surface area (TPSA) is 130 Å². The summed E-state index contributed by atoms with van der Waals surface area (Å²) in [7, 11) is 0. The molecular formula is C41H46F2N6O6. The standard InChI is InChI=1S/C41H46F2N6O6/c1-2-29-32(42)6-5-25-19-28(51)20-30(33(25)29)35-34(43)36-31(21-44-35)37(48-14-4-11-41(23-48)13-18-55-41)46-38(45-36)54-24-40-10-3-15-49(40)26(7-12-40)22-53-39(52)47-16-8-27(50)9-17-47/h5-6,19-21,26,51H,2-4,7-18,22-24H2,1H3/t26-,40-,41-/m0/s1. The van der Waals surface area contributed by atoms with Crippen LogP contribution in [-0.2, 0) is 20.7 Å². The van der Waals surface area contributed by atoms with E-state index in [0.29, 0.717) is 79.6 Å². The summed E-state index contributed by atoms with van der Waals surface area (Å²) in [6.45, 7) is 6.01. The molecule has 12 nitrogen and oxygen atoms in total. The number of likely N-dealkylation sites (tertiary alicyclic amines) is 1. The second-order valence-corrected chi connectivity index (χ2v) is 15.9. The summed E-state index contributed by atoms with van der Waals surface area (Å²) in [5.74, 6) is -0.518. The van der Waals surface area contributed by atoms with Crippen LogP contribution in [0.3, 0.4) is 0 Å². The molecule has 5 fully saturated rings. The maximum atomic E-state index is 17.1.